The van der Waals surface area contributed by atoms with Crippen LogP contribution in [0.5, 0.6) is 0 Å². The highest BCUT2D eigenvalue weighted by atomic mass is 16.2. The number of quaternary nitrogens is 1. The Kier molecular flexibility index (Phi) is 4.61. The molecule has 3 fully saturated rings. The minimum atomic E-state index is -0.638. The summed E-state index contributed by atoms with van der Waals surface area (Å²) in [5, 5.41) is 3.06. The summed E-state index contributed by atoms with van der Waals surface area (Å²) in [5.41, 5.74) is 0.609. The van der Waals surface area contributed by atoms with E-state index >= 15 is 0 Å². The van der Waals surface area contributed by atoms with Crippen LogP contribution in [0.2, 0.25) is 0 Å². The molecule has 1 aromatic carbocycles. The second-order valence-electron chi connectivity index (χ2n) is 8.01. The Morgan fingerprint density at radius 1 is 1.15 bits per heavy atom. The number of benzene rings is 1. The molecule has 1 aromatic rings. The number of piperazine rings is 1. The van der Waals surface area contributed by atoms with Crippen molar-refractivity contribution in [1.82, 2.24) is 10.2 Å². The second-order valence-corrected chi connectivity index (χ2v) is 8.01. The van der Waals surface area contributed by atoms with E-state index in [1.165, 1.54) is 15.5 Å². The Morgan fingerprint density at radius 3 is 2.58 bits per heavy atom. The van der Waals surface area contributed by atoms with Gasteiger partial charge in [0.05, 0.1) is 26.2 Å². The third-order valence-corrected chi connectivity index (χ3v) is 6.48. The van der Waals surface area contributed by atoms with E-state index in [1.54, 1.807) is 0 Å². The van der Waals surface area contributed by atoms with Gasteiger partial charge in [0, 0.05) is 5.69 Å². The van der Waals surface area contributed by atoms with Gasteiger partial charge in [-0.15, -0.1) is 0 Å². The smallest absolute Gasteiger partial charge is 0.329 e. The standard InChI is InChI=1S/C20H28N4O2/c1-16-7-5-6-10-20(16)18(25)24(19(26)21-20)15-22-11-13-23(14-12-22)17-8-3-2-4-9-17/h2-4,8-9,16H,5-7,10-15H2,1H3,(H,21,26)/p+1/t16-,20-/m1/s1. The minimum Gasteiger partial charge on any atom is -0.360 e. The molecule has 2 N–H and O–H groups in total. The summed E-state index contributed by atoms with van der Waals surface area (Å²) in [6.07, 6.45) is 3.97. The Morgan fingerprint density at radius 2 is 1.88 bits per heavy atom. The zero-order valence-electron chi connectivity index (χ0n) is 15.5. The lowest BCUT2D eigenvalue weighted by Crippen LogP contribution is -3.16. The predicted molar refractivity (Wildman–Crippen MR) is 100.0 cm³/mol. The largest absolute Gasteiger partial charge is 0.360 e. The Labute approximate surface area is 155 Å². The molecule has 0 radical (unpaired) electrons. The number of urea groups is 1. The molecule has 3 aliphatic rings. The Bertz CT molecular complexity index is 672. The minimum absolute atomic E-state index is 0.00712. The van der Waals surface area contributed by atoms with Gasteiger partial charge in [-0.3, -0.25) is 4.79 Å². The van der Waals surface area contributed by atoms with Crippen LogP contribution in [0.25, 0.3) is 0 Å². The number of nitrogens with one attached hydrogen (secondary N) is 2. The van der Waals surface area contributed by atoms with Gasteiger partial charge in [-0.2, -0.15) is 0 Å². The summed E-state index contributed by atoms with van der Waals surface area (Å²) in [4.78, 5) is 30.8. The molecule has 2 aliphatic heterocycles. The molecule has 0 bridgehead atoms. The fourth-order valence-electron chi connectivity index (χ4n) is 4.74. The van der Waals surface area contributed by atoms with E-state index in [2.05, 4.69) is 41.4 Å². The lowest BCUT2D eigenvalue weighted by molar-refractivity contribution is -0.907. The molecule has 0 aromatic heterocycles. The monoisotopic (exact) mass is 357 g/mol. The first-order valence-corrected chi connectivity index (χ1v) is 9.88. The Balaban J connectivity index is 1.38. The van der Waals surface area contributed by atoms with E-state index in [9.17, 15) is 9.59 Å². The van der Waals surface area contributed by atoms with Crippen molar-refractivity contribution in [3.05, 3.63) is 30.3 Å². The van der Waals surface area contributed by atoms with E-state index < -0.39 is 5.54 Å². The van der Waals surface area contributed by atoms with Crippen LogP contribution in [0.3, 0.4) is 0 Å². The van der Waals surface area contributed by atoms with Gasteiger partial charge >= 0.3 is 6.03 Å². The van der Waals surface area contributed by atoms with E-state index in [1.807, 2.05) is 6.07 Å². The summed E-state index contributed by atoms with van der Waals surface area (Å²) < 4.78 is 0. The van der Waals surface area contributed by atoms with Gasteiger partial charge in [-0.05, 0) is 30.9 Å². The van der Waals surface area contributed by atoms with Crippen molar-refractivity contribution in [2.24, 2.45) is 5.92 Å². The third-order valence-electron chi connectivity index (χ3n) is 6.48. The van der Waals surface area contributed by atoms with E-state index in [-0.39, 0.29) is 17.9 Å². The third kappa shape index (κ3) is 2.96. The van der Waals surface area contributed by atoms with E-state index in [0.717, 1.165) is 51.9 Å². The maximum Gasteiger partial charge on any atom is 0.329 e. The highest BCUT2D eigenvalue weighted by Crippen LogP contribution is 2.37. The first kappa shape index (κ1) is 17.3. The fourth-order valence-corrected chi connectivity index (χ4v) is 4.74. The van der Waals surface area contributed by atoms with Gasteiger partial charge in [-0.1, -0.05) is 38.0 Å². The lowest BCUT2D eigenvalue weighted by Gasteiger charge is -2.37. The molecule has 1 spiro atoms. The number of hydrogen-bond acceptors (Lipinski definition) is 3. The normalized spacial score (nSPS) is 30.1. The number of rotatable bonds is 3. The van der Waals surface area contributed by atoms with Crippen molar-refractivity contribution in [1.29, 1.82) is 0 Å². The molecule has 1 aliphatic carbocycles. The molecule has 26 heavy (non-hydrogen) atoms. The summed E-state index contributed by atoms with van der Waals surface area (Å²) in [5.74, 6) is 0.232. The van der Waals surface area contributed by atoms with Crippen LogP contribution < -0.4 is 15.1 Å². The quantitative estimate of drug-likeness (QED) is 0.789. The number of anilines is 1. The number of imide groups is 1. The van der Waals surface area contributed by atoms with Gasteiger partial charge in [0.15, 0.2) is 6.67 Å². The van der Waals surface area contributed by atoms with Gasteiger partial charge in [-0.25, -0.2) is 9.69 Å². The molecular formula is C20H29N4O2+. The molecule has 6 heteroatoms. The molecule has 2 saturated heterocycles. The number of nitrogens with zero attached hydrogens (tertiary/aromatic N) is 2. The van der Waals surface area contributed by atoms with E-state index in [0.29, 0.717) is 6.67 Å². The Hall–Kier alpha value is -2.08. The highest BCUT2D eigenvalue weighted by Gasteiger charge is 2.55. The average molecular weight is 357 g/mol. The molecule has 1 saturated carbocycles. The molecular weight excluding hydrogens is 328 g/mol. The van der Waals surface area contributed by atoms with Crippen molar-refractivity contribution in [2.75, 3.05) is 37.7 Å². The molecule has 4 rings (SSSR count). The molecule has 2 atom stereocenters. The number of carbonyl (C=O) groups excluding carboxylic acids is 2. The van der Waals surface area contributed by atoms with Crippen molar-refractivity contribution in [3.63, 3.8) is 0 Å². The van der Waals surface area contributed by atoms with Crippen LogP contribution in [-0.2, 0) is 4.79 Å². The zero-order chi connectivity index (χ0) is 18.1. The topological polar surface area (TPSA) is 57.1 Å². The highest BCUT2D eigenvalue weighted by molar-refractivity contribution is 6.07. The van der Waals surface area contributed by atoms with Crippen LogP contribution in [0.4, 0.5) is 10.5 Å². The van der Waals surface area contributed by atoms with Crippen molar-refractivity contribution >= 4 is 17.6 Å². The van der Waals surface area contributed by atoms with Crippen molar-refractivity contribution in [2.45, 2.75) is 38.1 Å². The van der Waals surface area contributed by atoms with Crippen LogP contribution in [-0.4, -0.2) is 55.2 Å². The fraction of sp³-hybridized carbons (Fsp3) is 0.600. The van der Waals surface area contributed by atoms with Crippen LogP contribution >= 0.6 is 0 Å². The van der Waals surface area contributed by atoms with Gasteiger partial charge in [0.1, 0.15) is 5.54 Å². The van der Waals surface area contributed by atoms with Crippen molar-refractivity contribution in [3.8, 4) is 0 Å². The maximum absolute atomic E-state index is 13.1. The number of hydrogen-bond donors (Lipinski definition) is 2. The predicted octanol–water partition coefficient (Wildman–Crippen LogP) is 0.850. The first-order chi connectivity index (χ1) is 12.6. The molecule has 6 nitrogen and oxygen atoms in total. The lowest BCUT2D eigenvalue weighted by atomic mass is 9.73. The number of amides is 3. The SMILES string of the molecule is C[C@@H]1CCCC[C@@]12NC(=O)N(C[NH+]1CCN(c3ccccc3)CC1)C2=O. The van der Waals surface area contributed by atoms with E-state index in [4.69, 9.17) is 0 Å². The van der Waals surface area contributed by atoms with Crippen LogP contribution in [0, 0.1) is 5.92 Å². The summed E-state index contributed by atoms with van der Waals surface area (Å²) >= 11 is 0. The summed E-state index contributed by atoms with van der Waals surface area (Å²) in [7, 11) is 0. The molecule has 140 valence electrons. The second kappa shape index (κ2) is 6.91. The summed E-state index contributed by atoms with van der Waals surface area (Å²) in [6, 6.07) is 10.2. The number of carbonyl (C=O) groups is 2. The van der Waals surface area contributed by atoms with Gasteiger partial charge in [0.2, 0.25) is 0 Å². The van der Waals surface area contributed by atoms with Gasteiger partial charge in [0.25, 0.3) is 5.91 Å². The summed E-state index contributed by atoms with van der Waals surface area (Å²) in [6.45, 7) is 6.37. The maximum atomic E-state index is 13.1. The first-order valence-electron chi connectivity index (χ1n) is 9.88. The molecule has 3 amide bonds. The van der Waals surface area contributed by atoms with Gasteiger partial charge < -0.3 is 15.1 Å². The zero-order valence-corrected chi connectivity index (χ0v) is 15.5. The van der Waals surface area contributed by atoms with Crippen LogP contribution in [0.1, 0.15) is 32.6 Å². The molecule has 2 heterocycles. The van der Waals surface area contributed by atoms with Crippen molar-refractivity contribution < 1.29 is 14.5 Å². The molecule has 0 unspecified atom stereocenters. The number of para-hydroxylation sites is 1. The average Bonchev–Trinajstić information content (AvgIpc) is 2.90. The van der Waals surface area contributed by atoms with Crippen LogP contribution in [0.15, 0.2) is 30.3 Å².